The summed E-state index contributed by atoms with van der Waals surface area (Å²) in [7, 11) is 0. The molecule has 0 atom stereocenters. The van der Waals surface area contributed by atoms with Crippen molar-refractivity contribution in [1.29, 1.82) is 0 Å². The minimum Gasteiger partial charge on any atom is -0.494 e. The Morgan fingerprint density at radius 2 is 1.18 bits per heavy atom. The smallest absolute Gasteiger partial charge is 0.119 e. The van der Waals surface area contributed by atoms with Crippen LogP contribution >= 0.6 is 34.8 Å². The second kappa shape index (κ2) is 10.0. The van der Waals surface area contributed by atoms with Gasteiger partial charge in [-0.15, -0.1) is 11.6 Å². The molecule has 0 aromatic heterocycles. The van der Waals surface area contributed by atoms with Crippen LogP contribution in [0.25, 0.3) is 11.1 Å². The minimum atomic E-state index is 0.390. The number of hydrogen-bond donors (Lipinski definition) is 0. The van der Waals surface area contributed by atoms with Crippen LogP contribution in [0.2, 0.25) is 10.0 Å². The molecule has 0 spiro atoms. The molecule has 1 radical (unpaired) electrons. The SMILES string of the molecule is [CH2]COc1ccc(/C(=C(\CCCl)c2ccc(Cl)cc2)c2ccc(Cl)cc2)cc1. The standard InChI is InChI=1S/C24H20Cl3O/c1-2-28-22-13-7-19(8-14-22)24(18-5-11-21(27)12-6-18)23(15-16-25)17-3-9-20(26)10-4-17/h3-14H,1-2,15-16H2/b24-23+. The lowest BCUT2D eigenvalue weighted by atomic mass is 9.88. The van der Waals surface area contributed by atoms with Crippen molar-refractivity contribution in [2.75, 3.05) is 12.5 Å². The van der Waals surface area contributed by atoms with E-state index in [0.717, 1.165) is 40.0 Å². The minimum absolute atomic E-state index is 0.390. The van der Waals surface area contributed by atoms with E-state index in [1.807, 2.05) is 60.7 Å². The molecule has 0 saturated carbocycles. The molecule has 0 saturated heterocycles. The van der Waals surface area contributed by atoms with Crippen LogP contribution in [0, 0.1) is 6.92 Å². The van der Waals surface area contributed by atoms with Gasteiger partial charge in [0.1, 0.15) is 5.75 Å². The maximum absolute atomic E-state index is 6.18. The second-order valence-electron chi connectivity index (χ2n) is 6.18. The first-order valence-corrected chi connectivity index (χ1v) is 10.2. The van der Waals surface area contributed by atoms with E-state index in [-0.39, 0.29) is 0 Å². The molecule has 1 nitrogen and oxygen atoms in total. The molecule has 0 aliphatic heterocycles. The number of halogens is 3. The molecule has 0 heterocycles. The average Bonchev–Trinajstić information content (AvgIpc) is 2.71. The average molecular weight is 431 g/mol. The van der Waals surface area contributed by atoms with E-state index in [9.17, 15) is 0 Å². The normalized spacial score (nSPS) is 11.9. The summed E-state index contributed by atoms with van der Waals surface area (Å²) in [6, 6.07) is 23.7. The summed E-state index contributed by atoms with van der Waals surface area (Å²) in [5.74, 6) is 1.30. The first kappa shape index (κ1) is 20.8. The van der Waals surface area contributed by atoms with E-state index in [2.05, 4.69) is 19.1 Å². The number of hydrogen-bond acceptors (Lipinski definition) is 1. The lowest BCUT2D eigenvalue weighted by molar-refractivity contribution is 0.361. The van der Waals surface area contributed by atoms with Gasteiger partial charge in [0.15, 0.2) is 0 Å². The van der Waals surface area contributed by atoms with Gasteiger partial charge >= 0.3 is 0 Å². The highest BCUT2D eigenvalue weighted by molar-refractivity contribution is 6.31. The number of alkyl halides is 1. The Morgan fingerprint density at radius 1 is 0.714 bits per heavy atom. The van der Waals surface area contributed by atoms with Gasteiger partial charge in [0, 0.05) is 15.9 Å². The van der Waals surface area contributed by atoms with Crippen molar-refractivity contribution in [2.24, 2.45) is 0 Å². The quantitative estimate of drug-likeness (QED) is 0.274. The molecule has 0 fully saturated rings. The van der Waals surface area contributed by atoms with Crippen LogP contribution in [0.5, 0.6) is 5.75 Å². The molecular formula is C24H20Cl3O. The summed E-state index contributed by atoms with van der Waals surface area (Å²) in [6.07, 6.45) is 0.721. The first-order valence-electron chi connectivity index (χ1n) is 8.96. The zero-order chi connectivity index (χ0) is 19.9. The molecule has 0 unspecified atom stereocenters. The van der Waals surface area contributed by atoms with Gasteiger partial charge in [-0.05, 0) is 77.6 Å². The van der Waals surface area contributed by atoms with Gasteiger partial charge in [-0.1, -0.05) is 59.6 Å². The second-order valence-corrected chi connectivity index (χ2v) is 7.43. The van der Waals surface area contributed by atoms with E-state index in [0.29, 0.717) is 22.5 Å². The maximum Gasteiger partial charge on any atom is 0.119 e. The van der Waals surface area contributed by atoms with Gasteiger partial charge in [0.25, 0.3) is 0 Å². The number of benzene rings is 3. The van der Waals surface area contributed by atoms with Crippen LogP contribution in [-0.4, -0.2) is 12.5 Å². The number of rotatable bonds is 7. The van der Waals surface area contributed by atoms with Crippen molar-refractivity contribution in [3.05, 3.63) is 106 Å². The fraction of sp³-hybridized carbons (Fsp3) is 0.125. The van der Waals surface area contributed by atoms with E-state index in [1.165, 1.54) is 0 Å². The molecule has 0 amide bonds. The van der Waals surface area contributed by atoms with Gasteiger partial charge in [0.05, 0.1) is 6.61 Å². The Kier molecular flexibility index (Phi) is 7.44. The summed E-state index contributed by atoms with van der Waals surface area (Å²) in [6.45, 7) is 4.11. The van der Waals surface area contributed by atoms with Crippen LogP contribution in [0.3, 0.4) is 0 Å². The maximum atomic E-state index is 6.18. The third-order valence-corrected chi connectivity index (χ3v) is 5.08. The van der Waals surface area contributed by atoms with Gasteiger partial charge < -0.3 is 4.74 Å². The summed E-state index contributed by atoms with van der Waals surface area (Å²) in [5, 5.41) is 1.41. The van der Waals surface area contributed by atoms with Gasteiger partial charge in [0.2, 0.25) is 0 Å². The topological polar surface area (TPSA) is 9.23 Å². The molecule has 0 aliphatic rings. The molecule has 0 aliphatic carbocycles. The highest BCUT2D eigenvalue weighted by atomic mass is 35.5. The van der Waals surface area contributed by atoms with Crippen molar-refractivity contribution in [1.82, 2.24) is 0 Å². The molecule has 3 rings (SSSR count). The Bertz CT molecular complexity index is 927. The number of allylic oxidation sites excluding steroid dienone is 1. The largest absolute Gasteiger partial charge is 0.494 e. The Hall–Kier alpha value is -1.93. The van der Waals surface area contributed by atoms with E-state index < -0.39 is 0 Å². The zero-order valence-electron chi connectivity index (χ0n) is 15.3. The summed E-state index contributed by atoms with van der Waals surface area (Å²) < 4.78 is 5.49. The summed E-state index contributed by atoms with van der Waals surface area (Å²) in [4.78, 5) is 0. The van der Waals surface area contributed by atoms with Gasteiger partial charge in [-0.25, -0.2) is 0 Å². The Balaban J connectivity index is 2.21. The van der Waals surface area contributed by atoms with Crippen LogP contribution in [0.4, 0.5) is 0 Å². The molecule has 3 aromatic rings. The molecule has 4 heteroatoms. The molecule has 143 valence electrons. The van der Waals surface area contributed by atoms with E-state index in [4.69, 9.17) is 39.5 Å². The van der Waals surface area contributed by atoms with Crippen molar-refractivity contribution in [3.63, 3.8) is 0 Å². The third-order valence-electron chi connectivity index (χ3n) is 4.38. The summed E-state index contributed by atoms with van der Waals surface area (Å²) >= 11 is 18.4. The van der Waals surface area contributed by atoms with Crippen LogP contribution < -0.4 is 4.74 Å². The first-order chi connectivity index (χ1) is 13.6. The highest BCUT2D eigenvalue weighted by Gasteiger charge is 2.14. The van der Waals surface area contributed by atoms with Crippen LogP contribution in [0.1, 0.15) is 23.1 Å². The molecule has 3 aromatic carbocycles. The van der Waals surface area contributed by atoms with E-state index >= 15 is 0 Å². The fourth-order valence-corrected chi connectivity index (χ4v) is 3.57. The van der Waals surface area contributed by atoms with Crippen molar-refractivity contribution in [2.45, 2.75) is 6.42 Å². The van der Waals surface area contributed by atoms with E-state index in [1.54, 1.807) is 0 Å². The zero-order valence-corrected chi connectivity index (χ0v) is 17.6. The van der Waals surface area contributed by atoms with Crippen LogP contribution in [-0.2, 0) is 0 Å². The lowest BCUT2D eigenvalue weighted by Gasteiger charge is -2.17. The Labute approximate surface area is 181 Å². The predicted molar refractivity (Wildman–Crippen MR) is 121 cm³/mol. The van der Waals surface area contributed by atoms with Crippen LogP contribution in [0.15, 0.2) is 72.8 Å². The summed E-state index contributed by atoms with van der Waals surface area (Å²) in [5.41, 5.74) is 5.51. The number of ether oxygens (including phenoxy) is 1. The van der Waals surface area contributed by atoms with Gasteiger partial charge in [-0.3, -0.25) is 0 Å². The highest BCUT2D eigenvalue weighted by Crippen LogP contribution is 2.36. The molecule has 0 N–H and O–H groups in total. The van der Waals surface area contributed by atoms with Crippen molar-refractivity contribution < 1.29 is 4.74 Å². The Morgan fingerprint density at radius 3 is 1.64 bits per heavy atom. The van der Waals surface area contributed by atoms with Crippen molar-refractivity contribution >= 4 is 45.9 Å². The van der Waals surface area contributed by atoms with Crippen molar-refractivity contribution in [3.8, 4) is 5.75 Å². The lowest BCUT2D eigenvalue weighted by Crippen LogP contribution is -1.97. The monoisotopic (exact) mass is 429 g/mol. The molecule has 28 heavy (non-hydrogen) atoms. The third kappa shape index (κ3) is 5.11. The van der Waals surface area contributed by atoms with Gasteiger partial charge in [-0.2, -0.15) is 0 Å². The predicted octanol–water partition coefficient (Wildman–Crippen LogP) is 7.79. The molecular weight excluding hydrogens is 411 g/mol. The molecule has 0 bridgehead atoms. The fourth-order valence-electron chi connectivity index (χ4n) is 3.13.